The van der Waals surface area contributed by atoms with Gasteiger partial charge in [-0.05, 0) is 85.3 Å². The Bertz CT molecular complexity index is 1230. The highest BCUT2D eigenvalue weighted by Crippen LogP contribution is 2.37. The topological polar surface area (TPSA) is 18.0 Å². The van der Waals surface area contributed by atoms with E-state index >= 15 is 0 Å². The first-order chi connectivity index (χ1) is 15.3. The van der Waals surface area contributed by atoms with Crippen LogP contribution in [0.1, 0.15) is 45.3 Å². The Hall–Kier alpha value is -2.21. The predicted octanol–water partition coefficient (Wildman–Crippen LogP) is 7.13. The summed E-state index contributed by atoms with van der Waals surface area (Å²) in [5.74, 6) is 1.11. The van der Waals surface area contributed by atoms with Crippen molar-refractivity contribution in [2.75, 3.05) is 0 Å². The zero-order valence-corrected chi connectivity index (χ0v) is 21.8. The Balaban J connectivity index is 1.82. The largest absolute Gasteiger partial charge is 0.356 e. The van der Waals surface area contributed by atoms with E-state index in [0.29, 0.717) is 6.61 Å². The molecule has 1 aliphatic rings. The quantitative estimate of drug-likeness (QED) is 0.247. The molecule has 0 spiro atoms. The molecule has 4 aromatic rings. The molecule has 0 unspecified atom stereocenters. The second-order valence-corrected chi connectivity index (χ2v) is 10.4. The summed E-state index contributed by atoms with van der Waals surface area (Å²) in [5.41, 5.74) is 9.76. The minimum absolute atomic E-state index is 0.147. The molecule has 32 heavy (non-hydrogen) atoms. The first kappa shape index (κ1) is 21.6. The second kappa shape index (κ2) is 8.29. The molecule has 5 rings (SSSR count). The van der Waals surface area contributed by atoms with Crippen molar-refractivity contribution >= 4 is 31.9 Å². The number of fused-ring (bicyclic) bond motifs is 1. The van der Waals surface area contributed by atoms with Crippen molar-refractivity contribution < 1.29 is 9.30 Å². The molecule has 0 radical (unpaired) electrons. The van der Waals surface area contributed by atoms with E-state index in [2.05, 4.69) is 130 Å². The summed E-state index contributed by atoms with van der Waals surface area (Å²) in [7, 11) is 0. The number of aromatic nitrogens is 2. The van der Waals surface area contributed by atoms with Gasteiger partial charge in [0.1, 0.15) is 23.8 Å². The van der Waals surface area contributed by atoms with Crippen molar-refractivity contribution in [2.24, 2.45) is 0 Å². The third-order valence-electron chi connectivity index (χ3n) is 6.23. The average Bonchev–Trinajstić information content (AvgIpc) is 3.31. The minimum atomic E-state index is -0.147. The first-order valence-corrected chi connectivity index (χ1v) is 12.3. The van der Waals surface area contributed by atoms with Crippen LogP contribution in [0.3, 0.4) is 0 Å². The van der Waals surface area contributed by atoms with Crippen molar-refractivity contribution in [1.82, 2.24) is 4.57 Å². The van der Waals surface area contributed by atoms with Gasteiger partial charge in [0.05, 0.1) is 6.61 Å². The van der Waals surface area contributed by atoms with Crippen LogP contribution in [0, 0.1) is 27.7 Å². The highest BCUT2D eigenvalue weighted by atomic mass is 79.9. The normalized spacial score (nSPS) is 15.2. The summed E-state index contributed by atoms with van der Waals surface area (Å²) in [6.45, 7) is 9.30. The van der Waals surface area contributed by atoms with Crippen molar-refractivity contribution in [3.8, 4) is 11.4 Å². The molecule has 1 atom stereocenters. The number of hydrogen-bond acceptors (Lipinski definition) is 1. The minimum Gasteiger partial charge on any atom is -0.356 e. The van der Waals surface area contributed by atoms with Crippen LogP contribution in [-0.4, -0.2) is 4.57 Å². The van der Waals surface area contributed by atoms with Crippen molar-refractivity contribution in [2.45, 2.75) is 40.4 Å². The smallest absolute Gasteiger partial charge is 0.301 e. The SMILES string of the molecule is Cc1cc(Br)cc(C)c1-n1cc[n+](-c2c(C)cc(Br)cc2C)c1[C@@H]1OCc2ccccc21. The molecule has 0 aliphatic carbocycles. The summed E-state index contributed by atoms with van der Waals surface area (Å²) in [5, 5.41) is 0. The molecule has 5 heteroatoms. The van der Waals surface area contributed by atoms with E-state index < -0.39 is 0 Å². The van der Waals surface area contributed by atoms with E-state index in [1.165, 1.54) is 44.8 Å². The maximum absolute atomic E-state index is 6.44. The third-order valence-corrected chi connectivity index (χ3v) is 7.15. The molecule has 1 aliphatic heterocycles. The van der Waals surface area contributed by atoms with Crippen molar-refractivity contribution in [3.63, 3.8) is 0 Å². The highest BCUT2D eigenvalue weighted by molar-refractivity contribution is 9.10. The van der Waals surface area contributed by atoms with Gasteiger partial charge in [-0.2, -0.15) is 9.13 Å². The van der Waals surface area contributed by atoms with Gasteiger partial charge in [-0.25, -0.2) is 0 Å². The van der Waals surface area contributed by atoms with Gasteiger partial charge >= 0.3 is 5.82 Å². The fourth-order valence-electron chi connectivity index (χ4n) is 5.00. The number of imidazole rings is 1. The van der Waals surface area contributed by atoms with Crippen molar-refractivity contribution in [1.29, 1.82) is 0 Å². The van der Waals surface area contributed by atoms with Gasteiger partial charge in [-0.15, -0.1) is 0 Å². The van der Waals surface area contributed by atoms with E-state index in [1.54, 1.807) is 0 Å². The lowest BCUT2D eigenvalue weighted by Gasteiger charge is -2.16. The maximum Gasteiger partial charge on any atom is 0.301 e. The average molecular weight is 553 g/mol. The summed E-state index contributed by atoms with van der Waals surface area (Å²) >= 11 is 7.30. The summed E-state index contributed by atoms with van der Waals surface area (Å²) < 4.78 is 13.3. The Labute approximate surface area is 205 Å². The van der Waals surface area contributed by atoms with Gasteiger partial charge in [0, 0.05) is 8.95 Å². The maximum atomic E-state index is 6.44. The zero-order valence-electron chi connectivity index (χ0n) is 18.6. The van der Waals surface area contributed by atoms with Crippen LogP contribution < -0.4 is 4.57 Å². The van der Waals surface area contributed by atoms with Gasteiger partial charge in [-0.3, -0.25) is 0 Å². The molecule has 2 heterocycles. The molecule has 0 amide bonds. The van der Waals surface area contributed by atoms with Crippen LogP contribution in [-0.2, 0) is 11.3 Å². The van der Waals surface area contributed by atoms with Gasteiger partial charge in [0.2, 0.25) is 0 Å². The molecule has 0 fully saturated rings. The summed E-state index contributed by atoms with van der Waals surface area (Å²) in [6, 6.07) is 17.3. The molecule has 1 aromatic heterocycles. The summed E-state index contributed by atoms with van der Waals surface area (Å²) in [6.07, 6.45) is 4.19. The Morgan fingerprint density at radius 3 is 2.12 bits per heavy atom. The standard InChI is InChI=1S/C27H25Br2N2O/c1-16-11-21(28)12-17(2)24(16)30-9-10-31(25-18(3)13-22(29)14-19(25)4)27(30)26-23-8-6-5-7-20(23)15-32-26/h5-14,26H,15H2,1-4H3/q+1/t26-/m1/s1. The van der Waals surface area contributed by atoms with Crippen LogP contribution in [0.4, 0.5) is 0 Å². The van der Waals surface area contributed by atoms with E-state index in [4.69, 9.17) is 4.74 Å². The second-order valence-electron chi connectivity index (χ2n) is 8.56. The van der Waals surface area contributed by atoms with Crippen LogP contribution in [0.15, 0.2) is 69.9 Å². The number of nitrogens with zero attached hydrogens (tertiary/aromatic N) is 2. The number of halogens is 2. The number of hydrogen-bond donors (Lipinski definition) is 0. The predicted molar refractivity (Wildman–Crippen MR) is 135 cm³/mol. The Kier molecular flexibility index (Phi) is 5.60. The van der Waals surface area contributed by atoms with Gasteiger partial charge < -0.3 is 4.74 Å². The fourth-order valence-corrected chi connectivity index (χ4v) is 6.37. The van der Waals surface area contributed by atoms with Gasteiger partial charge in [0.25, 0.3) is 0 Å². The van der Waals surface area contributed by atoms with Crippen LogP contribution in [0.2, 0.25) is 0 Å². The van der Waals surface area contributed by atoms with E-state index in [1.807, 2.05) is 0 Å². The first-order valence-electron chi connectivity index (χ1n) is 10.7. The van der Waals surface area contributed by atoms with Crippen molar-refractivity contribution in [3.05, 3.63) is 109 Å². The highest BCUT2D eigenvalue weighted by Gasteiger charge is 2.37. The lowest BCUT2D eigenvalue weighted by atomic mass is 10.0. The molecule has 0 saturated heterocycles. The van der Waals surface area contributed by atoms with Crippen LogP contribution >= 0.6 is 31.9 Å². The Morgan fingerprint density at radius 2 is 1.47 bits per heavy atom. The lowest BCUT2D eigenvalue weighted by molar-refractivity contribution is -0.608. The number of aryl methyl sites for hydroxylation is 4. The van der Waals surface area contributed by atoms with Gasteiger partial charge in [0.15, 0.2) is 6.10 Å². The molecule has 0 saturated carbocycles. The monoisotopic (exact) mass is 551 g/mol. The zero-order chi connectivity index (χ0) is 22.6. The van der Waals surface area contributed by atoms with E-state index in [0.717, 1.165) is 14.8 Å². The molecule has 3 nitrogen and oxygen atoms in total. The lowest BCUT2D eigenvalue weighted by Crippen LogP contribution is -2.38. The number of ether oxygens (including phenoxy) is 1. The van der Waals surface area contributed by atoms with Crippen LogP contribution in [0.25, 0.3) is 11.4 Å². The fraction of sp³-hybridized carbons (Fsp3) is 0.222. The molecule has 0 bridgehead atoms. The molecule has 0 N–H and O–H groups in total. The van der Waals surface area contributed by atoms with Gasteiger partial charge in [-0.1, -0.05) is 56.1 Å². The van der Waals surface area contributed by atoms with Crippen LogP contribution in [0.5, 0.6) is 0 Å². The molecular weight excluding hydrogens is 528 g/mol. The number of rotatable bonds is 3. The van der Waals surface area contributed by atoms with E-state index in [-0.39, 0.29) is 6.10 Å². The number of benzene rings is 3. The molecule has 162 valence electrons. The summed E-state index contributed by atoms with van der Waals surface area (Å²) in [4.78, 5) is 0. The van der Waals surface area contributed by atoms with E-state index in [9.17, 15) is 0 Å². The molecular formula is C27H25Br2N2O+. The molecule has 3 aromatic carbocycles. The Morgan fingerprint density at radius 1 is 0.875 bits per heavy atom. The third kappa shape index (κ3) is 3.57.